The van der Waals surface area contributed by atoms with E-state index < -0.39 is 0 Å². The second-order valence-electron chi connectivity index (χ2n) is 4.73. The van der Waals surface area contributed by atoms with Gasteiger partial charge in [-0.2, -0.15) is 0 Å². The normalized spacial score (nSPS) is 24.0. The smallest absolute Gasteiger partial charge is 0.0880 e. The second-order valence-corrected chi connectivity index (χ2v) is 5.29. The molecule has 4 heteroatoms. The molecule has 0 spiro atoms. The third-order valence-corrected chi connectivity index (χ3v) is 4.59. The van der Waals surface area contributed by atoms with Crippen LogP contribution in [0, 0.1) is 0 Å². The molecule has 0 amide bonds. The molecule has 1 heterocycles. The van der Waals surface area contributed by atoms with Crippen molar-refractivity contribution in [2.45, 2.75) is 44.3 Å². The van der Waals surface area contributed by atoms with Gasteiger partial charge < -0.3 is 14.2 Å². The Kier molecular flexibility index (Phi) is 5.71. The Morgan fingerprint density at radius 2 is 2.00 bits per heavy atom. The standard InChI is InChI=1S/C12H23BrO3/c1-4-11(2,14-3)10-16-12(9-13)5-7-15-8-6-12/h4-10H2,1-3H3. The monoisotopic (exact) mass is 294 g/mol. The van der Waals surface area contributed by atoms with Gasteiger partial charge in [0.15, 0.2) is 0 Å². The molecule has 1 aliphatic heterocycles. The molecule has 0 aliphatic carbocycles. The molecule has 1 fully saturated rings. The Labute approximate surface area is 107 Å². The number of hydrogen-bond donors (Lipinski definition) is 0. The Morgan fingerprint density at radius 1 is 1.38 bits per heavy atom. The van der Waals surface area contributed by atoms with Gasteiger partial charge in [-0.1, -0.05) is 22.9 Å². The van der Waals surface area contributed by atoms with E-state index in [0.717, 1.165) is 37.8 Å². The summed E-state index contributed by atoms with van der Waals surface area (Å²) >= 11 is 3.56. The van der Waals surface area contributed by atoms with Gasteiger partial charge in [-0.3, -0.25) is 0 Å². The minimum Gasteiger partial charge on any atom is -0.381 e. The van der Waals surface area contributed by atoms with Crippen molar-refractivity contribution in [1.82, 2.24) is 0 Å². The maximum absolute atomic E-state index is 6.11. The molecule has 1 unspecified atom stereocenters. The van der Waals surface area contributed by atoms with Gasteiger partial charge in [0.05, 0.1) is 17.8 Å². The lowest BCUT2D eigenvalue weighted by molar-refractivity contribution is -0.147. The summed E-state index contributed by atoms with van der Waals surface area (Å²) in [6.45, 7) is 6.44. The summed E-state index contributed by atoms with van der Waals surface area (Å²) in [6.07, 6.45) is 2.88. The van der Waals surface area contributed by atoms with Crippen LogP contribution < -0.4 is 0 Å². The van der Waals surface area contributed by atoms with Gasteiger partial charge in [0.1, 0.15) is 0 Å². The van der Waals surface area contributed by atoms with Crippen LogP contribution in [0.3, 0.4) is 0 Å². The fourth-order valence-corrected chi connectivity index (χ4v) is 2.39. The molecule has 0 aromatic carbocycles. The molecule has 0 saturated carbocycles. The van der Waals surface area contributed by atoms with Crippen molar-refractivity contribution in [2.75, 3.05) is 32.3 Å². The highest BCUT2D eigenvalue weighted by molar-refractivity contribution is 9.09. The SMILES string of the molecule is CCC(C)(COC1(CBr)CCOCC1)OC. The summed E-state index contributed by atoms with van der Waals surface area (Å²) in [5, 5.41) is 0.868. The van der Waals surface area contributed by atoms with Gasteiger partial charge in [0, 0.05) is 38.5 Å². The molecule has 1 aliphatic rings. The lowest BCUT2D eigenvalue weighted by atomic mass is 9.96. The van der Waals surface area contributed by atoms with Crippen LogP contribution in [-0.4, -0.2) is 43.5 Å². The number of hydrogen-bond acceptors (Lipinski definition) is 3. The van der Waals surface area contributed by atoms with Gasteiger partial charge in [0.25, 0.3) is 0 Å². The molecule has 96 valence electrons. The fourth-order valence-electron chi connectivity index (χ4n) is 1.67. The molecule has 3 nitrogen and oxygen atoms in total. The van der Waals surface area contributed by atoms with E-state index in [1.54, 1.807) is 7.11 Å². The first-order valence-corrected chi connectivity index (χ1v) is 7.05. The summed E-state index contributed by atoms with van der Waals surface area (Å²) in [5.74, 6) is 0. The van der Waals surface area contributed by atoms with Crippen molar-refractivity contribution in [3.05, 3.63) is 0 Å². The van der Waals surface area contributed by atoms with Crippen molar-refractivity contribution in [2.24, 2.45) is 0 Å². The van der Waals surface area contributed by atoms with E-state index >= 15 is 0 Å². The first-order chi connectivity index (χ1) is 7.60. The third-order valence-electron chi connectivity index (χ3n) is 3.57. The van der Waals surface area contributed by atoms with Crippen LogP contribution in [0.2, 0.25) is 0 Å². The molecular formula is C12H23BrO3. The van der Waals surface area contributed by atoms with Gasteiger partial charge in [0.2, 0.25) is 0 Å². The van der Waals surface area contributed by atoms with Crippen molar-refractivity contribution in [1.29, 1.82) is 0 Å². The van der Waals surface area contributed by atoms with Crippen molar-refractivity contribution in [3.63, 3.8) is 0 Å². The number of rotatable bonds is 6. The van der Waals surface area contributed by atoms with Gasteiger partial charge >= 0.3 is 0 Å². The fraction of sp³-hybridized carbons (Fsp3) is 1.00. The highest BCUT2D eigenvalue weighted by Gasteiger charge is 2.35. The minimum atomic E-state index is -0.173. The molecule has 0 aromatic heterocycles. The van der Waals surface area contributed by atoms with Crippen molar-refractivity contribution in [3.8, 4) is 0 Å². The number of halogens is 1. The van der Waals surface area contributed by atoms with E-state index in [9.17, 15) is 0 Å². The number of methoxy groups -OCH3 is 1. The van der Waals surface area contributed by atoms with E-state index in [0.29, 0.717) is 6.61 Å². The number of ether oxygens (including phenoxy) is 3. The van der Waals surface area contributed by atoms with Crippen LogP contribution in [0.15, 0.2) is 0 Å². The van der Waals surface area contributed by atoms with Gasteiger partial charge in [-0.15, -0.1) is 0 Å². The van der Waals surface area contributed by atoms with E-state index in [4.69, 9.17) is 14.2 Å². The van der Waals surface area contributed by atoms with E-state index in [1.807, 2.05) is 0 Å². The average Bonchev–Trinajstić information content (AvgIpc) is 2.37. The zero-order valence-electron chi connectivity index (χ0n) is 10.6. The maximum Gasteiger partial charge on any atom is 0.0880 e. The average molecular weight is 295 g/mol. The van der Waals surface area contributed by atoms with E-state index in [-0.39, 0.29) is 11.2 Å². The van der Waals surface area contributed by atoms with Crippen LogP contribution in [0.5, 0.6) is 0 Å². The van der Waals surface area contributed by atoms with Crippen molar-refractivity contribution >= 4 is 15.9 Å². The highest BCUT2D eigenvalue weighted by Crippen LogP contribution is 2.29. The van der Waals surface area contributed by atoms with Crippen LogP contribution >= 0.6 is 15.9 Å². The lowest BCUT2D eigenvalue weighted by Gasteiger charge is -2.38. The lowest BCUT2D eigenvalue weighted by Crippen LogP contribution is -2.45. The molecule has 16 heavy (non-hydrogen) atoms. The molecule has 0 aromatic rings. The van der Waals surface area contributed by atoms with Crippen molar-refractivity contribution < 1.29 is 14.2 Å². The summed E-state index contributed by atoms with van der Waals surface area (Å²) in [5.41, 5.74) is -0.235. The predicted octanol–water partition coefficient (Wildman–Crippen LogP) is 2.76. The van der Waals surface area contributed by atoms with Gasteiger partial charge in [-0.05, 0) is 13.3 Å². The first-order valence-electron chi connectivity index (χ1n) is 5.92. The zero-order chi connectivity index (χ0) is 12.1. The van der Waals surface area contributed by atoms with Crippen LogP contribution in [-0.2, 0) is 14.2 Å². The summed E-state index contributed by atoms with van der Waals surface area (Å²) < 4.78 is 17.0. The quantitative estimate of drug-likeness (QED) is 0.705. The highest BCUT2D eigenvalue weighted by atomic mass is 79.9. The summed E-state index contributed by atoms with van der Waals surface area (Å²) in [4.78, 5) is 0. The minimum absolute atomic E-state index is 0.0623. The molecule has 1 saturated heterocycles. The molecule has 1 atom stereocenters. The first kappa shape index (κ1) is 14.4. The summed E-state index contributed by atoms with van der Waals surface area (Å²) in [6, 6.07) is 0. The summed E-state index contributed by atoms with van der Waals surface area (Å²) in [7, 11) is 1.75. The Hall–Kier alpha value is 0.360. The Balaban J connectivity index is 2.50. The van der Waals surface area contributed by atoms with Crippen LogP contribution in [0.25, 0.3) is 0 Å². The maximum atomic E-state index is 6.11. The molecule has 0 bridgehead atoms. The van der Waals surface area contributed by atoms with Crippen LogP contribution in [0.4, 0.5) is 0 Å². The molecular weight excluding hydrogens is 272 g/mol. The Bertz CT molecular complexity index is 198. The van der Waals surface area contributed by atoms with E-state index in [1.165, 1.54) is 0 Å². The predicted molar refractivity (Wildman–Crippen MR) is 68.2 cm³/mol. The van der Waals surface area contributed by atoms with E-state index in [2.05, 4.69) is 29.8 Å². The molecule has 0 N–H and O–H groups in total. The Morgan fingerprint density at radius 3 is 2.44 bits per heavy atom. The third kappa shape index (κ3) is 3.69. The molecule has 1 rings (SSSR count). The largest absolute Gasteiger partial charge is 0.381 e. The van der Waals surface area contributed by atoms with Gasteiger partial charge in [-0.25, -0.2) is 0 Å². The topological polar surface area (TPSA) is 27.7 Å². The van der Waals surface area contributed by atoms with Crippen LogP contribution in [0.1, 0.15) is 33.1 Å². The second kappa shape index (κ2) is 6.34. The number of alkyl halides is 1. The zero-order valence-corrected chi connectivity index (χ0v) is 12.1. The molecule has 0 radical (unpaired) electrons.